The van der Waals surface area contributed by atoms with Crippen LogP contribution in [-0.2, 0) is 9.36 Å². The summed E-state index contributed by atoms with van der Waals surface area (Å²) in [6.07, 6.45) is 3.18. The van der Waals surface area contributed by atoms with Gasteiger partial charge in [-0.1, -0.05) is 44.4 Å². The Bertz CT molecular complexity index is 666. The Morgan fingerprint density at radius 1 is 1.08 bits per heavy atom. The molecule has 0 aromatic heterocycles. The molecule has 0 aliphatic heterocycles. The SMILES string of the molecule is Cc1cc(C)c(C(=O)C2(C(C)(C(=O)O)C(C)C)CCCC2)c(C)c1.O=P. The zero-order chi connectivity index (χ0) is 20.3. The Balaban J connectivity index is 0.00000163. The topological polar surface area (TPSA) is 71.4 Å². The van der Waals surface area contributed by atoms with Crippen LogP contribution in [0.1, 0.15) is 73.5 Å². The van der Waals surface area contributed by atoms with Gasteiger partial charge >= 0.3 is 5.97 Å². The summed E-state index contributed by atoms with van der Waals surface area (Å²) in [5.41, 5.74) is 1.92. The summed E-state index contributed by atoms with van der Waals surface area (Å²) in [6, 6.07) is 4.05. The number of hydrogen-bond acceptors (Lipinski definition) is 3. The lowest BCUT2D eigenvalue weighted by atomic mass is 9.55. The Hall–Kier alpha value is -1.54. The Morgan fingerprint density at radius 3 is 1.85 bits per heavy atom. The van der Waals surface area contributed by atoms with Crippen molar-refractivity contribution in [1.29, 1.82) is 0 Å². The monoisotopic (exact) mass is 378 g/mol. The van der Waals surface area contributed by atoms with E-state index in [4.69, 9.17) is 4.57 Å². The van der Waals surface area contributed by atoms with Crippen LogP contribution in [0, 0.1) is 37.5 Å². The number of aryl methyl sites for hydroxylation is 3. The number of carbonyl (C=O) groups is 2. The van der Waals surface area contributed by atoms with Crippen molar-refractivity contribution in [2.45, 2.75) is 67.2 Å². The minimum absolute atomic E-state index is 0.0357. The molecule has 1 aliphatic rings. The number of carbonyl (C=O) groups excluding carboxylic acids is 1. The molecule has 1 atom stereocenters. The third-order valence-corrected chi connectivity index (χ3v) is 6.39. The first-order chi connectivity index (χ1) is 12.1. The van der Waals surface area contributed by atoms with E-state index in [2.05, 4.69) is 0 Å². The summed E-state index contributed by atoms with van der Waals surface area (Å²) in [7, 11) is 1.72. The van der Waals surface area contributed by atoms with Gasteiger partial charge in [0.2, 0.25) is 0 Å². The van der Waals surface area contributed by atoms with E-state index in [9.17, 15) is 14.7 Å². The van der Waals surface area contributed by atoms with Gasteiger partial charge in [-0.05, 0) is 57.6 Å². The molecule has 0 radical (unpaired) electrons. The lowest BCUT2D eigenvalue weighted by Gasteiger charge is -2.45. The Labute approximate surface area is 159 Å². The molecule has 4 nitrogen and oxygen atoms in total. The van der Waals surface area contributed by atoms with E-state index in [1.807, 2.05) is 46.8 Å². The fourth-order valence-electron chi connectivity index (χ4n) is 4.74. The van der Waals surface area contributed by atoms with E-state index in [0.29, 0.717) is 12.8 Å². The van der Waals surface area contributed by atoms with Gasteiger partial charge in [-0.25, -0.2) is 0 Å². The van der Waals surface area contributed by atoms with Crippen LogP contribution < -0.4 is 0 Å². The highest BCUT2D eigenvalue weighted by Gasteiger charge is 2.60. The van der Waals surface area contributed by atoms with Gasteiger partial charge in [-0.15, -0.1) is 0 Å². The molecule has 2 rings (SSSR count). The summed E-state index contributed by atoms with van der Waals surface area (Å²) in [5, 5.41) is 10.1. The zero-order valence-corrected chi connectivity index (χ0v) is 17.7. The third kappa shape index (κ3) is 3.49. The highest BCUT2D eigenvalue weighted by atomic mass is 31.0. The van der Waals surface area contributed by atoms with Crippen molar-refractivity contribution in [3.05, 3.63) is 34.4 Å². The molecular formula is C21H31O4P. The van der Waals surface area contributed by atoms with Crippen LogP contribution in [-0.4, -0.2) is 16.9 Å². The number of Topliss-reactive ketones (excluding diaryl/α,β-unsaturated/α-hetero) is 1. The summed E-state index contributed by atoms with van der Waals surface area (Å²) in [6.45, 7) is 11.6. The van der Waals surface area contributed by atoms with Gasteiger partial charge < -0.3 is 5.11 Å². The van der Waals surface area contributed by atoms with Crippen molar-refractivity contribution in [1.82, 2.24) is 0 Å². The zero-order valence-electron chi connectivity index (χ0n) is 16.7. The lowest BCUT2D eigenvalue weighted by molar-refractivity contribution is -0.159. The molecule has 0 bridgehead atoms. The number of rotatable bonds is 5. The standard InChI is InChI=1S/C21H30O3.HOP/c1-13(2)20(6,19(23)24)21(9-7-8-10-21)18(22)17-15(4)11-14(3)12-16(17)5;1-2/h11-13H,7-10H2,1-6H3,(H,23,24);2H. The van der Waals surface area contributed by atoms with Crippen molar-refractivity contribution in [2.24, 2.45) is 16.7 Å². The van der Waals surface area contributed by atoms with Gasteiger partial charge in [0, 0.05) is 11.0 Å². The Morgan fingerprint density at radius 2 is 1.50 bits per heavy atom. The van der Waals surface area contributed by atoms with Gasteiger partial charge in [0.25, 0.3) is 0 Å². The highest BCUT2D eigenvalue weighted by molar-refractivity contribution is 7.00. The molecule has 1 aliphatic carbocycles. The molecule has 1 aromatic carbocycles. The predicted molar refractivity (Wildman–Crippen MR) is 105 cm³/mol. The second-order valence-electron chi connectivity index (χ2n) is 8.05. The van der Waals surface area contributed by atoms with Crippen molar-refractivity contribution in [3.8, 4) is 0 Å². The number of benzene rings is 1. The normalized spacial score (nSPS) is 18.0. The van der Waals surface area contributed by atoms with Crippen LogP contribution in [0.5, 0.6) is 0 Å². The summed E-state index contributed by atoms with van der Waals surface area (Å²) in [4.78, 5) is 26.0. The van der Waals surface area contributed by atoms with Gasteiger partial charge in [-0.2, -0.15) is 0 Å². The fourth-order valence-corrected chi connectivity index (χ4v) is 4.74. The van der Waals surface area contributed by atoms with Crippen molar-refractivity contribution >= 4 is 20.9 Å². The van der Waals surface area contributed by atoms with Crippen LogP contribution in [0.2, 0.25) is 0 Å². The average molecular weight is 378 g/mol. The molecule has 1 unspecified atom stereocenters. The maximum Gasteiger partial charge on any atom is 0.310 e. The van der Waals surface area contributed by atoms with Gasteiger partial charge in [0.1, 0.15) is 9.12 Å². The first-order valence-corrected chi connectivity index (χ1v) is 9.55. The second kappa shape index (κ2) is 8.43. The molecule has 1 N–H and O–H groups in total. The highest BCUT2D eigenvalue weighted by Crippen LogP contribution is 2.57. The number of carboxylic acid groups (broad SMARTS) is 1. The lowest BCUT2D eigenvalue weighted by Crippen LogP contribution is -2.52. The van der Waals surface area contributed by atoms with E-state index in [-0.39, 0.29) is 11.7 Å². The van der Waals surface area contributed by atoms with Crippen LogP contribution in [0.3, 0.4) is 0 Å². The first-order valence-electron chi connectivity index (χ1n) is 9.14. The van der Waals surface area contributed by atoms with E-state index >= 15 is 0 Å². The van der Waals surface area contributed by atoms with Crippen LogP contribution in [0.4, 0.5) is 0 Å². The second-order valence-corrected chi connectivity index (χ2v) is 8.05. The number of carboxylic acids is 1. The first kappa shape index (κ1) is 22.5. The van der Waals surface area contributed by atoms with Gasteiger partial charge in [0.15, 0.2) is 5.78 Å². The Kier molecular flexibility index (Phi) is 7.30. The minimum atomic E-state index is -1.05. The summed E-state index contributed by atoms with van der Waals surface area (Å²) >= 11 is 0. The van der Waals surface area contributed by atoms with Crippen LogP contribution in [0.15, 0.2) is 12.1 Å². The van der Waals surface area contributed by atoms with E-state index in [0.717, 1.165) is 35.1 Å². The van der Waals surface area contributed by atoms with Gasteiger partial charge in [-0.3, -0.25) is 14.2 Å². The van der Waals surface area contributed by atoms with E-state index in [1.165, 1.54) is 0 Å². The molecule has 1 saturated carbocycles. The van der Waals surface area contributed by atoms with Crippen molar-refractivity contribution in [2.75, 3.05) is 0 Å². The van der Waals surface area contributed by atoms with Crippen LogP contribution in [0.25, 0.3) is 0 Å². The molecule has 0 heterocycles. The quantitative estimate of drug-likeness (QED) is 0.536. The minimum Gasteiger partial charge on any atom is -0.481 e. The maximum atomic E-state index is 13.7. The smallest absolute Gasteiger partial charge is 0.310 e. The molecule has 1 fully saturated rings. The molecular weight excluding hydrogens is 347 g/mol. The molecule has 0 spiro atoms. The molecule has 144 valence electrons. The van der Waals surface area contributed by atoms with Crippen molar-refractivity contribution in [3.63, 3.8) is 0 Å². The summed E-state index contributed by atoms with van der Waals surface area (Å²) < 4.78 is 8.06. The maximum absolute atomic E-state index is 13.7. The van der Waals surface area contributed by atoms with Gasteiger partial charge in [0.05, 0.1) is 5.41 Å². The fraction of sp³-hybridized carbons (Fsp3) is 0.619. The number of hydrogen-bond donors (Lipinski definition) is 1. The molecule has 5 heteroatoms. The largest absolute Gasteiger partial charge is 0.481 e. The molecule has 1 aromatic rings. The van der Waals surface area contributed by atoms with E-state index in [1.54, 1.807) is 16.0 Å². The van der Waals surface area contributed by atoms with E-state index < -0.39 is 16.8 Å². The third-order valence-electron chi connectivity index (χ3n) is 6.39. The summed E-state index contributed by atoms with van der Waals surface area (Å²) in [5.74, 6) is -0.924. The van der Waals surface area contributed by atoms with Crippen LogP contribution >= 0.6 is 9.12 Å². The van der Waals surface area contributed by atoms with Crippen molar-refractivity contribution < 1.29 is 19.3 Å². The molecule has 26 heavy (non-hydrogen) atoms. The molecule has 0 saturated heterocycles. The number of ketones is 1. The number of aliphatic carboxylic acids is 1. The predicted octanol–water partition coefficient (Wildman–Crippen LogP) is 5.58. The average Bonchev–Trinajstić information content (AvgIpc) is 3.05. The molecule has 0 amide bonds.